The van der Waals surface area contributed by atoms with Crippen LogP contribution in [0.4, 0.5) is 26.3 Å². The molecule has 0 amide bonds. The third kappa shape index (κ3) is 5.37. The largest absolute Gasteiger partial charge is 0.573 e. The Morgan fingerprint density at radius 1 is 0.806 bits per heavy atom. The lowest BCUT2D eigenvalue weighted by Gasteiger charge is -2.33. The normalized spacial score (nSPS) is 13.7. The van der Waals surface area contributed by atoms with Crippen molar-refractivity contribution in [2.45, 2.75) is 30.6 Å². The first-order valence-corrected chi connectivity index (χ1v) is 8.90. The van der Waals surface area contributed by atoms with Gasteiger partial charge in [-0.2, -0.15) is 4.80 Å². The van der Waals surface area contributed by atoms with Gasteiger partial charge in [-0.25, -0.2) is 0 Å². The van der Waals surface area contributed by atoms with E-state index in [0.717, 1.165) is 30.6 Å². The molecule has 6 nitrogen and oxygen atoms in total. The van der Waals surface area contributed by atoms with Crippen LogP contribution in [0.3, 0.4) is 0 Å². The lowest BCUT2D eigenvalue weighted by molar-refractivity contribution is -0.275. The molecule has 0 fully saturated rings. The van der Waals surface area contributed by atoms with E-state index in [1.165, 1.54) is 29.1 Å². The molecule has 1 unspecified atom stereocenters. The van der Waals surface area contributed by atoms with Gasteiger partial charge in [-0.05, 0) is 47.5 Å². The van der Waals surface area contributed by atoms with Crippen LogP contribution in [-0.2, 0) is 4.87 Å². The Hall–Kier alpha value is -3.02. The fourth-order valence-electron chi connectivity index (χ4n) is 2.96. The second kappa shape index (κ2) is 8.25. The highest BCUT2D eigenvalue weighted by atomic mass is 35.5. The molecule has 0 aliphatic heterocycles. The molecule has 31 heavy (non-hydrogen) atoms. The Bertz CT molecular complexity index is 932. The molecule has 0 bridgehead atoms. The second-order valence-electron chi connectivity index (χ2n) is 6.29. The highest BCUT2D eigenvalue weighted by molar-refractivity contribution is 6.26. The van der Waals surface area contributed by atoms with Gasteiger partial charge in [0.15, 0.2) is 6.33 Å². The van der Waals surface area contributed by atoms with Crippen molar-refractivity contribution in [2.75, 3.05) is 0 Å². The number of hydrogen-bond donors (Lipinski definition) is 0. The van der Waals surface area contributed by atoms with Crippen molar-refractivity contribution in [3.8, 4) is 11.5 Å². The van der Waals surface area contributed by atoms with E-state index in [-0.39, 0.29) is 0 Å². The van der Waals surface area contributed by atoms with Gasteiger partial charge in [0.05, 0.1) is 6.04 Å². The average molecular weight is 467 g/mol. The molecule has 166 valence electrons. The fraction of sp³-hybridized carbons (Fsp3) is 0.278. The predicted octanol–water partition coefficient (Wildman–Crippen LogP) is 5.21. The third-order valence-electron chi connectivity index (χ3n) is 4.30. The van der Waals surface area contributed by atoms with E-state index in [1.54, 1.807) is 6.92 Å². The molecule has 3 rings (SSSR count). The molecular weight excluding hydrogens is 454 g/mol. The van der Waals surface area contributed by atoms with Crippen molar-refractivity contribution in [2.24, 2.45) is 0 Å². The third-order valence-corrected chi connectivity index (χ3v) is 5.06. The van der Waals surface area contributed by atoms with Gasteiger partial charge in [-0.3, -0.25) is 0 Å². The molecule has 0 N–H and O–H groups in total. The Kier molecular flexibility index (Phi) is 6.03. The maximum absolute atomic E-state index is 12.4. The van der Waals surface area contributed by atoms with E-state index < -0.39 is 35.1 Å². The number of halogens is 7. The molecule has 0 aliphatic rings. The Morgan fingerprint density at radius 3 is 1.55 bits per heavy atom. The predicted molar refractivity (Wildman–Crippen MR) is 95.4 cm³/mol. The van der Waals surface area contributed by atoms with Gasteiger partial charge < -0.3 is 9.47 Å². The van der Waals surface area contributed by atoms with Crippen molar-refractivity contribution in [1.29, 1.82) is 0 Å². The van der Waals surface area contributed by atoms with Gasteiger partial charge in [0.1, 0.15) is 16.4 Å². The molecule has 0 radical (unpaired) electrons. The smallest absolute Gasteiger partial charge is 0.406 e. The summed E-state index contributed by atoms with van der Waals surface area (Å²) in [6.45, 7) is 1.62. The monoisotopic (exact) mass is 466 g/mol. The second-order valence-corrected chi connectivity index (χ2v) is 6.88. The minimum atomic E-state index is -4.87. The minimum absolute atomic E-state index is 0.318. The van der Waals surface area contributed by atoms with Gasteiger partial charge in [0.25, 0.3) is 0 Å². The van der Waals surface area contributed by atoms with Gasteiger partial charge in [-0.15, -0.1) is 48.1 Å². The number of tetrazole rings is 1. The lowest BCUT2D eigenvalue weighted by atomic mass is 9.85. The van der Waals surface area contributed by atoms with Crippen LogP contribution in [0.25, 0.3) is 0 Å². The number of hydrogen-bond acceptors (Lipinski definition) is 5. The quantitative estimate of drug-likeness (QED) is 0.368. The summed E-state index contributed by atoms with van der Waals surface area (Å²) in [5.41, 5.74) is 0.635. The topological polar surface area (TPSA) is 62.1 Å². The molecule has 2 aromatic carbocycles. The van der Waals surface area contributed by atoms with E-state index in [9.17, 15) is 26.3 Å². The standard InChI is InChI=1S/C18H13ClF6N4O2/c1-11(29-27-10-26-28-29)16(19,12-2-6-14(7-3-12)30-17(20,21)22)13-4-8-15(9-5-13)31-18(23,24)25/h2-11H,1H3. The first-order valence-electron chi connectivity index (χ1n) is 8.52. The molecule has 3 aromatic rings. The number of alkyl halides is 7. The van der Waals surface area contributed by atoms with Crippen LogP contribution in [-0.4, -0.2) is 32.9 Å². The fourth-order valence-corrected chi connectivity index (χ4v) is 3.30. The molecule has 1 heterocycles. The summed E-state index contributed by atoms with van der Waals surface area (Å²) in [5, 5.41) is 11.3. The molecule has 1 aromatic heterocycles. The van der Waals surface area contributed by atoms with Gasteiger partial charge in [-0.1, -0.05) is 24.3 Å². The van der Waals surface area contributed by atoms with Crippen molar-refractivity contribution in [1.82, 2.24) is 20.2 Å². The molecule has 1 atom stereocenters. The SMILES string of the molecule is CC(n1ncnn1)C(Cl)(c1ccc(OC(F)(F)F)cc1)c1ccc(OC(F)(F)F)cc1. The zero-order chi connectivity index (χ0) is 22.9. The van der Waals surface area contributed by atoms with Gasteiger partial charge >= 0.3 is 12.7 Å². The molecular formula is C18H13ClF6N4O2. The molecule has 13 heteroatoms. The maximum Gasteiger partial charge on any atom is 0.573 e. The van der Waals surface area contributed by atoms with E-state index in [4.69, 9.17) is 11.6 Å². The highest BCUT2D eigenvalue weighted by Gasteiger charge is 2.41. The first-order chi connectivity index (χ1) is 14.4. The molecule has 0 aliphatic carbocycles. The number of aromatic nitrogens is 4. The van der Waals surface area contributed by atoms with Crippen LogP contribution in [0.15, 0.2) is 54.9 Å². The number of nitrogens with zero attached hydrogens (tertiary/aromatic N) is 4. The van der Waals surface area contributed by atoms with Gasteiger partial charge in [0.2, 0.25) is 0 Å². The van der Waals surface area contributed by atoms with Crippen molar-refractivity contribution >= 4 is 11.6 Å². The minimum Gasteiger partial charge on any atom is -0.406 e. The summed E-state index contributed by atoms with van der Waals surface area (Å²) < 4.78 is 82.4. The number of rotatable bonds is 6. The summed E-state index contributed by atoms with van der Waals surface area (Å²) in [7, 11) is 0. The van der Waals surface area contributed by atoms with Crippen LogP contribution < -0.4 is 9.47 Å². The summed E-state index contributed by atoms with van der Waals surface area (Å²) in [5.74, 6) is -0.925. The Labute approximate surface area is 176 Å². The van der Waals surface area contributed by atoms with Crippen molar-refractivity contribution < 1.29 is 35.8 Å². The zero-order valence-corrected chi connectivity index (χ0v) is 16.3. The van der Waals surface area contributed by atoms with Crippen LogP contribution in [0.1, 0.15) is 24.1 Å². The summed E-state index contributed by atoms with van der Waals surface area (Å²) in [6.07, 6.45) is -8.58. The first kappa shape index (κ1) is 22.7. The zero-order valence-electron chi connectivity index (χ0n) is 15.5. The van der Waals surface area contributed by atoms with Crippen LogP contribution in [0.5, 0.6) is 11.5 Å². The highest BCUT2D eigenvalue weighted by Crippen LogP contribution is 2.46. The summed E-state index contributed by atoms with van der Waals surface area (Å²) in [6, 6.07) is 8.77. The maximum atomic E-state index is 12.4. The molecule has 0 saturated heterocycles. The van der Waals surface area contributed by atoms with Crippen LogP contribution in [0, 0.1) is 0 Å². The van der Waals surface area contributed by atoms with E-state index in [0.29, 0.717) is 11.1 Å². The Morgan fingerprint density at radius 2 is 1.23 bits per heavy atom. The molecule has 0 saturated carbocycles. The van der Waals surface area contributed by atoms with Crippen LogP contribution in [0.2, 0.25) is 0 Å². The van der Waals surface area contributed by atoms with Crippen molar-refractivity contribution in [3.05, 3.63) is 66.0 Å². The van der Waals surface area contributed by atoms with E-state index in [2.05, 4.69) is 24.9 Å². The summed E-state index contributed by atoms with van der Waals surface area (Å²) >= 11 is 6.95. The van der Waals surface area contributed by atoms with Crippen molar-refractivity contribution in [3.63, 3.8) is 0 Å². The van der Waals surface area contributed by atoms with Gasteiger partial charge in [0, 0.05) is 0 Å². The Balaban J connectivity index is 2.02. The van der Waals surface area contributed by atoms with Crippen LogP contribution >= 0.6 is 11.6 Å². The summed E-state index contributed by atoms with van der Waals surface area (Å²) in [4.78, 5) is -0.318. The van der Waals surface area contributed by atoms with E-state index in [1.807, 2.05) is 0 Å². The van der Waals surface area contributed by atoms with E-state index >= 15 is 0 Å². The molecule has 0 spiro atoms. The lowest BCUT2D eigenvalue weighted by Crippen LogP contribution is -2.32. The number of ether oxygens (including phenoxy) is 2. The average Bonchev–Trinajstić information content (AvgIpc) is 3.20. The number of benzene rings is 2.